The van der Waals surface area contributed by atoms with E-state index in [1.165, 1.54) is 4.31 Å². The third kappa shape index (κ3) is 4.91. The summed E-state index contributed by atoms with van der Waals surface area (Å²) in [7, 11) is -1.77. The minimum atomic E-state index is -3.34. The highest BCUT2D eigenvalue weighted by atomic mass is 32.2. The van der Waals surface area contributed by atoms with Crippen LogP contribution in [0.25, 0.3) is 0 Å². The monoisotopic (exact) mass is 278 g/mol. The topological polar surface area (TPSA) is 66.9 Å². The maximum Gasteiger partial charge on any atom is 0.237 e. The van der Waals surface area contributed by atoms with Crippen LogP contribution in [0.4, 0.5) is 0 Å². The van der Waals surface area contributed by atoms with E-state index in [1.54, 1.807) is 12.0 Å². The number of likely N-dealkylation sites (tertiary alicyclic amines) is 1. The Kier molecular flexibility index (Phi) is 6.04. The lowest BCUT2D eigenvalue weighted by Crippen LogP contribution is -2.42. The number of sulfonamides is 1. The summed E-state index contributed by atoms with van der Waals surface area (Å²) in [6.45, 7) is 2.25. The van der Waals surface area contributed by atoms with Crippen molar-refractivity contribution in [2.24, 2.45) is 0 Å². The maximum absolute atomic E-state index is 11.9. The van der Waals surface area contributed by atoms with Gasteiger partial charge in [0.15, 0.2) is 0 Å². The Labute approximate surface area is 109 Å². The van der Waals surface area contributed by atoms with E-state index in [-0.39, 0.29) is 12.5 Å². The first-order chi connectivity index (χ1) is 8.45. The fraction of sp³-hybridized carbons (Fsp3) is 0.909. The molecule has 0 saturated carbocycles. The molecule has 18 heavy (non-hydrogen) atoms. The molecule has 0 aromatic heterocycles. The number of nitrogens with zero attached hydrogens (tertiary/aromatic N) is 2. The van der Waals surface area contributed by atoms with Gasteiger partial charge >= 0.3 is 0 Å². The van der Waals surface area contributed by atoms with Crippen LogP contribution in [-0.2, 0) is 19.6 Å². The summed E-state index contributed by atoms with van der Waals surface area (Å²) in [5.74, 6) is -0.102. The molecule has 0 unspecified atom stereocenters. The van der Waals surface area contributed by atoms with Gasteiger partial charge in [0.05, 0.1) is 12.8 Å². The Morgan fingerprint density at radius 2 is 1.94 bits per heavy atom. The molecule has 1 fully saturated rings. The highest BCUT2D eigenvalue weighted by Gasteiger charge is 2.24. The quantitative estimate of drug-likeness (QED) is 0.610. The van der Waals surface area contributed by atoms with Crippen LogP contribution in [-0.4, -0.2) is 69.7 Å². The van der Waals surface area contributed by atoms with Crippen LogP contribution < -0.4 is 0 Å². The summed E-state index contributed by atoms with van der Waals surface area (Å²) in [5.41, 5.74) is 0. The number of carbonyl (C=O) groups is 1. The SMILES string of the molecule is COCCCN(CC(=O)N1CCCC1)S(C)(=O)=O. The average molecular weight is 278 g/mol. The summed E-state index contributed by atoms with van der Waals surface area (Å²) < 4.78 is 29.3. The number of methoxy groups -OCH3 is 1. The van der Waals surface area contributed by atoms with Crippen LogP contribution in [0.5, 0.6) is 0 Å². The Hall–Kier alpha value is -0.660. The Morgan fingerprint density at radius 3 is 2.44 bits per heavy atom. The third-order valence-electron chi connectivity index (χ3n) is 3.00. The highest BCUT2D eigenvalue weighted by Crippen LogP contribution is 2.09. The summed E-state index contributed by atoms with van der Waals surface area (Å²) in [5, 5.41) is 0. The van der Waals surface area contributed by atoms with Crippen molar-refractivity contribution in [1.29, 1.82) is 0 Å². The zero-order valence-corrected chi connectivity index (χ0v) is 11.9. The van der Waals surface area contributed by atoms with Gasteiger partial charge in [-0.2, -0.15) is 4.31 Å². The van der Waals surface area contributed by atoms with Crippen LogP contribution in [0.1, 0.15) is 19.3 Å². The summed E-state index contributed by atoms with van der Waals surface area (Å²) in [6, 6.07) is 0. The van der Waals surface area contributed by atoms with Gasteiger partial charge in [-0.1, -0.05) is 0 Å². The Bertz CT molecular complexity index is 363. The third-order valence-corrected chi connectivity index (χ3v) is 4.25. The van der Waals surface area contributed by atoms with Gasteiger partial charge in [0.2, 0.25) is 15.9 Å². The number of hydrogen-bond donors (Lipinski definition) is 0. The second kappa shape index (κ2) is 7.06. The zero-order chi connectivity index (χ0) is 13.6. The molecular formula is C11H22N2O4S. The van der Waals surface area contributed by atoms with Crippen molar-refractivity contribution in [2.45, 2.75) is 19.3 Å². The molecule has 1 aliphatic rings. The molecule has 0 radical (unpaired) electrons. The number of hydrogen-bond acceptors (Lipinski definition) is 4. The van der Waals surface area contributed by atoms with Crippen LogP contribution in [0.3, 0.4) is 0 Å². The first kappa shape index (κ1) is 15.4. The van der Waals surface area contributed by atoms with Gasteiger partial charge in [0.25, 0.3) is 0 Å². The van der Waals surface area contributed by atoms with E-state index in [4.69, 9.17) is 4.74 Å². The van der Waals surface area contributed by atoms with Crippen LogP contribution in [0, 0.1) is 0 Å². The molecule has 0 aromatic carbocycles. The number of carbonyl (C=O) groups excluding carboxylic acids is 1. The average Bonchev–Trinajstić information content (AvgIpc) is 2.79. The molecule has 1 saturated heterocycles. The largest absolute Gasteiger partial charge is 0.385 e. The summed E-state index contributed by atoms with van der Waals surface area (Å²) >= 11 is 0. The van der Waals surface area contributed by atoms with Gasteiger partial charge in [0.1, 0.15) is 0 Å². The summed E-state index contributed by atoms with van der Waals surface area (Å²) in [4.78, 5) is 13.7. The predicted molar refractivity (Wildman–Crippen MR) is 68.7 cm³/mol. The molecule has 1 heterocycles. The minimum absolute atomic E-state index is 0.0530. The smallest absolute Gasteiger partial charge is 0.237 e. The summed E-state index contributed by atoms with van der Waals surface area (Å²) in [6.07, 6.45) is 3.75. The molecule has 1 aliphatic heterocycles. The molecule has 0 aromatic rings. The van der Waals surface area contributed by atoms with Crippen molar-refractivity contribution >= 4 is 15.9 Å². The van der Waals surface area contributed by atoms with Crippen LogP contribution >= 0.6 is 0 Å². The van der Waals surface area contributed by atoms with Gasteiger partial charge in [-0.15, -0.1) is 0 Å². The molecule has 0 atom stereocenters. The fourth-order valence-electron chi connectivity index (χ4n) is 1.96. The fourth-order valence-corrected chi connectivity index (χ4v) is 2.77. The maximum atomic E-state index is 11.9. The lowest BCUT2D eigenvalue weighted by molar-refractivity contribution is -0.130. The van der Waals surface area contributed by atoms with Gasteiger partial charge in [0, 0.05) is 33.4 Å². The van der Waals surface area contributed by atoms with Gasteiger partial charge in [-0.25, -0.2) is 8.42 Å². The zero-order valence-electron chi connectivity index (χ0n) is 11.1. The van der Waals surface area contributed by atoms with Gasteiger partial charge in [-0.05, 0) is 19.3 Å². The molecule has 7 heteroatoms. The molecule has 1 rings (SSSR count). The predicted octanol–water partition coefficient (Wildman–Crippen LogP) is -0.0931. The van der Waals surface area contributed by atoms with E-state index in [0.717, 1.165) is 32.2 Å². The van der Waals surface area contributed by atoms with Crippen molar-refractivity contribution in [3.63, 3.8) is 0 Å². The molecule has 0 N–H and O–H groups in total. The molecule has 0 spiro atoms. The van der Waals surface area contributed by atoms with Crippen molar-refractivity contribution in [2.75, 3.05) is 46.2 Å². The number of rotatable bonds is 7. The van der Waals surface area contributed by atoms with Crippen LogP contribution in [0.2, 0.25) is 0 Å². The van der Waals surface area contributed by atoms with Gasteiger partial charge in [-0.3, -0.25) is 4.79 Å². The number of ether oxygens (including phenoxy) is 1. The second-order valence-electron chi connectivity index (χ2n) is 4.53. The first-order valence-electron chi connectivity index (χ1n) is 6.17. The molecule has 106 valence electrons. The second-order valence-corrected chi connectivity index (χ2v) is 6.51. The van der Waals surface area contributed by atoms with E-state index >= 15 is 0 Å². The lowest BCUT2D eigenvalue weighted by Gasteiger charge is -2.22. The van der Waals surface area contributed by atoms with E-state index in [0.29, 0.717) is 19.6 Å². The lowest BCUT2D eigenvalue weighted by atomic mass is 10.4. The van der Waals surface area contributed by atoms with Gasteiger partial charge < -0.3 is 9.64 Å². The molecular weight excluding hydrogens is 256 g/mol. The van der Waals surface area contributed by atoms with Crippen molar-refractivity contribution in [3.8, 4) is 0 Å². The number of amides is 1. The highest BCUT2D eigenvalue weighted by molar-refractivity contribution is 7.88. The molecule has 6 nitrogen and oxygen atoms in total. The molecule has 1 amide bonds. The van der Waals surface area contributed by atoms with Crippen molar-refractivity contribution in [3.05, 3.63) is 0 Å². The van der Waals surface area contributed by atoms with E-state index in [1.807, 2.05) is 0 Å². The normalized spacial score (nSPS) is 16.5. The van der Waals surface area contributed by atoms with Crippen molar-refractivity contribution in [1.82, 2.24) is 9.21 Å². The Balaban J connectivity index is 2.52. The van der Waals surface area contributed by atoms with E-state index in [9.17, 15) is 13.2 Å². The Morgan fingerprint density at radius 1 is 1.33 bits per heavy atom. The van der Waals surface area contributed by atoms with Crippen LogP contribution in [0.15, 0.2) is 0 Å². The molecule has 0 bridgehead atoms. The van der Waals surface area contributed by atoms with E-state index < -0.39 is 10.0 Å². The van der Waals surface area contributed by atoms with E-state index in [2.05, 4.69) is 0 Å². The standard InChI is InChI=1S/C11H22N2O4S/c1-17-9-5-8-13(18(2,15)16)10-11(14)12-6-3-4-7-12/h3-10H2,1-2H3. The molecule has 0 aliphatic carbocycles. The van der Waals surface area contributed by atoms with Crippen molar-refractivity contribution < 1.29 is 17.9 Å². The minimum Gasteiger partial charge on any atom is -0.385 e. The first-order valence-corrected chi connectivity index (χ1v) is 8.02.